The Morgan fingerprint density at radius 3 is 2.04 bits per heavy atom. The van der Waals surface area contributed by atoms with Gasteiger partial charge in [0.15, 0.2) is 0 Å². The molecular weight excluding hydrogens is 320 g/mol. The average molecular weight is 338 g/mol. The average Bonchev–Trinajstić information content (AvgIpc) is 3.13. The van der Waals surface area contributed by atoms with Crippen molar-refractivity contribution < 1.29 is 4.79 Å². The number of aryl methyl sites for hydroxylation is 1. The van der Waals surface area contributed by atoms with E-state index in [4.69, 9.17) is 0 Å². The zero-order valence-corrected chi connectivity index (χ0v) is 14.3. The van der Waals surface area contributed by atoms with Crippen LogP contribution in [0, 0.1) is 0 Å². The fourth-order valence-electron chi connectivity index (χ4n) is 3.18. The molecule has 0 heterocycles. The molecule has 4 rings (SSSR count). The van der Waals surface area contributed by atoms with Crippen molar-refractivity contribution in [1.82, 2.24) is 0 Å². The van der Waals surface area contributed by atoms with Gasteiger partial charge in [0.05, 0.1) is 5.71 Å². The normalized spacial score (nSPS) is 15.1. The molecule has 0 amide bonds. The number of hydrogen-bond donors (Lipinski definition) is 0. The van der Waals surface area contributed by atoms with Gasteiger partial charge in [-0.15, -0.1) is 5.10 Å². The number of ketones is 1. The van der Waals surface area contributed by atoms with E-state index in [-0.39, 0.29) is 5.78 Å². The SMILES string of the molecule is O=C(C(=NN=C1CCc2ccccc21)c1ccccc1)c1ccccc1. The van der Waals surface area contributed by atoms with E-state index in [1.54, 1.807) is 12.1 Å². The van der Waals surface area contributed by atoms with Gasteiger partial charge < -0.3 is 0 Å². The van der Waals surface area contributed by atoms with Gasteiger partial charge >= 0.3 is 0 Å². The van der Waals surface area contributed by atoms with Crippen LogP contribution < -0.4 is 0 Å². The van der Waals surface area contributed by atoms with E-state index in [1.165, 1.54) is 5.56 Å². The van der Waals surface area contributed by atoms with Crippen molar-refractivity contribution in [3.8, 4) is 0 Å². The molecule has 126 valence electrons. The Kier molecular flexibility index (Phi) is 4.52. The Balaban J connectivity index is 1.76. The zero-order valence-electron chi connectivity index (χ0n) is 14.3. The third-order valence-electron chi connectivity index (χ3n) is 4.53. The number of nitrogens with zero attached hydrogens (tertiary/aromatic N) is 2. The van der Waals surface area contributed by atoms with E-state index < -0.39 is 0 Å². The van der Waals surface area contributed by atoms with Gasteiger partial charge in [0.25, 0.3) is 0 Å². The first-order chi connectivity index (χ1) is 12.8. The first-order valence-electron chi connectivity index (χ1n) is 8.71. The third kappa shape index (κ3) is 3.24. The number of hydrogen-bond acceptors (Lipinski definition) is 3. The van der Waals surface area contributed by atoms with Crippen LogP contribution in [0.15, 0.2) is 95.1 Å². The van der Waals surface area contributed by atoms with E-state index in [2.05, 4.69) is 22.3 Å². The van der Waals surface area contributed by atoms with Crippen molar-refractivity contribution in [3.63, 3.8) is 0 Å². The molecule has 0 aromatic heterocycles. The third-order valence-corrected chi connectivity index (χ3v) is 4.53. The summed E-state index contributed by atoms with van der Waals surface area (Å²) in [7, 11) is 0. The van der Waals surface area contributed by atoms with Gasteiger partial charge in [-0.3, -0.25) is 4.79 Å². The lowest BCUT2D eigenvalue weighted by Gasteiger charge is -2.05. The van der Waals surface area contributed by atoms with Crippen LogP contribution in [0.4, 0.5) is 0 Å². The molecular formula is C23H18N2O. The number of carbonyl (C=O) groups excluding carboxylic acids is 1. The van der Waals surface area contributed by atoms with Crippen LogP contribution >= 0.6 is 0 Å². The molecule has 0 saturated heterocycles. The summed E-state index contributed by atoms with van der Waals surface area (Å²) in [5, 5.41) is 8.88. The highest BCUT2D eigenvalue weighted by molar-refractivity contribution is 6.51. The van der Waals surface area contributed by atoms with Crippen molar-refractivity contribution in [2.75, 3.05) is 0 Å². The summed E-state index contributed by atoms with van der Waals surface area (Å²) >= 11 is 0. The van der Waals surface area contributed by atoms with Crippen LogP contribution in [0.25, 0.3) is 0 Å². The molecule has 3 nitrogen and oxygen atoms in total. The van der Waals surface area contributed by atoms with Gasteiger partial charge in [0, 0.05) is 16.7 Å². The molecule has 1 aliphatic carbocycles. The van der Waals surface area contributed by atoms with E-state index in [9.17, 15) is 4.79 Å². The second-order valence-electron chi connectivity index (χ2n) is 6.21. The minimum absolute atomic E-state index is 0.118. The Hall–Kier alpha value is -3.33. The highest BCUT2D eigenvalue weighted by Gasteiger charge is 2.19. The zero-order chi connectivity index (χ0) is 17.8. The van der Waals surface area contributed by atoms with Gasteiger partial charge in [-0.25, -0.2) is 0 Å². The van der Waals surface area contributed by atoms with Crippen LogP contribution in [0.2, 0.25) is 0 Å². The van der Waals surface area contributed by atoms with E-state index in [0.717, 1.165) is 29.7 Å². The van der Waals surface area contributed by atoms with Gasteiger partial charge in [-0.1, -0.05) is 84.9 Å². The number of benzene rings is 3. The highest BCUT2D eigenvalue weighted by atomic mass is 16.1. The Morgan fingerprint density at radius 2 is 1.31 bits per heavy atom. The van der Waals surface area contributed by atoms with Crippen LogP contribution in [0.5, 0.6) is 0 Å². The highest BCUT2D eigenvalue weighted by Crippen LogP contribution is 2.22. The monoisotopic (exact) mass is 338 g/mol. The Bertz CT molecular complexity index is 989. The molecule has 0 saturated carbocycles. The lowest BCUT2D eigenvalue weighted by molar-refractivity contribution is 0.106. The van der Waals surface area contributed by atoms with Gasteiger partial charge in [0.2, 0.25) is 5.78 Å². The van der Waals surface area contributed by atoms with Crippen molar-refractivity contribution in [1.29, 1.82) is 0 Å². The molecule has 0 unspecified atom stereocenters. The summed E-state index contributed by atoms with van der Waals surface area (Å²) in [5.74, 6) is -0.118. The number of Topliss-reactive ketones (excluding diaryl/α,β-unsaturated/α-hetero) is 1. The first-order valence-corrected chi connectivity index (χ1v) is 8.71. The second-order valence-corrected chi connectivity index (χ2v) is 6.21. The predicted octanol–water partition coefficient (Wildman–Crippen LogP) is 4.71. The van der Waals surface area contributed by atoms with Crippen molar-refractivity contribution in [2.24, 2.45) is 10.2 Å². The van der Waals surface area contributed by atoms with E-state index in [1.807, 2.05) is 60.7 Å². The molecule has 26 heavy (non-hydrogen) atoms. The maximum Gasteiger partial charge on any atom is 0.213 e. The molecule has 0 radical (unpaired) electrons. The van der Waals surface area contributed by atoms with Crippen molar-refractivity contribution >= 4 is 17.2 Å². The molecule has 0 aliphatic heterocycles. The molecule has 0 N–H and O–H groups in total. The smallest absolute Gasteiger partial charge is 0.213 e. The lowest BCUT2D eigenvalue weighted by atomic mass is 10.0. The maximum absolute atomic E-state index is 13.0. The van der Waals surface area contributed by atoms with Crippen LogP contribution in [0.1, 0.15) is 33.5 Å². The molecule has 0 fully saturated rings. The van der Waals surface area contributed by atoms with Crippen LogP contribution in [0.3, 0.4) is 0 Å². The topological polar surface area (TPSA) is 41.8 Å². The van der Waals surface area contributed by atoms with E-state index >= 15 is 0 Å². The number of carbonyl (C=O) groups is 1. The van der Waals surface area contributed by atoms with Crippen molar-refractivity contribution in [2.45, 2.75) is 12.8 Å². The largest absolute Gasteiger partial charge is 0.287 e. The summed E-state index contributed by atoms with van der Waals surface area (Å²) in [4.78, 5) is 13.0. The Morgan fingerprint density at radius 1 is 0.692 bits per heavy atom. The quantitative estimate of drug-likeness (QED) is 0.386. The molecule has 3 heteroatoms. The minimum Gasteiger partial charge on any atom is -0.287 e. The fourth-order valence-corrected chi connectivity index (χ4v) is 3.18. The summed E-state index contributed by atoms with van der Waals surface area (Å²) in [6.45, 7) is 0. The van der Waals surface area contributed by atoms with Crippen molar-refractivity contribution in [3.05, 3.63) is 107 Å². The van der Waals surface area contributed by atoms with Gasteiger partial charge in [0.1, 0.15) is 5.71 Å². The standard InChI is InChI=1S/C23H18N2O/c26-23(19-12-5-2-6-13-19)22(18-10-3-1-4-11-18)25-24-21-16-15-17-9-7-8-14-20(17)21/h1-14H,15-16H2. The second kappa shape index (κ2) is 7.28. The number of fused-ring (bicyclic) bond motifs is 1. The minimum atomic E-state index is -0.118. The van der Waals surface area contributed by atoms with Gasteiger partial charge in [-0.05, 0) is 18.4 Å². The summed E-state index contributed by atoms with van der Waals surface area (Å²) in [6.07, 6.45) is 1.82. The molecule has 3 aromatic rings. The molecule has 0 spiro atoms. The molecule has 0 bridgehead atoms. The molecule has 3 aromatic carbocycles. The fraction of sp³-hybridized carbons (Fsp3) is 0.0870. The Labute approximate surface area is 152 Å². The lowest BCUT2D eigenvalue weighted by Crippen LogP contribution is -2.15. The maximum atomic E-state index is 13.0. The summed E-state index contributed by atoms with van der Waals surface area (Å²) in [6, 6.07) is 27.0. The van der Waals surface area contributed by atoms with Crippen LogP contribution in [-0.2, 0) is 6.42 Å². The van der Waals surface area contributed by atoms with E-state index in [0.29, 0.717) is 11.3 Å². The summed E-state index contributed by atoms with van der Waals surface area (Å²) < 4.78 is 0. The van der Waals surface area contributed by atoms with Gasteiger partial charge in [-0.2, -0.15) is 5.10 Å². The first kappa shape index (κ1) is 16.2. The van der Waals surface area contributed by atoms with Crippen LogP contribution in [-0.4, -0.2) is 17.2 Å². The molecule has 0 atom stereocenters. The predicted molar refractivity (Wildman–Crippen MR) is 105 cm³/mol. The molecule has 1 aliphatic rings. The summed E-state index contributed by atoms with van der Waals surface area (Å²) in [5.41, 5.74) is 5.12. The number of rotatable bonds is 4.